The molecule has 0 bridgehead atoms. The Kier molecular flexibility index (Phi) is 11.3. The summed E-state index contributed by atoms with van der Waals surface area (Å²) in [5.41, 5.74) is 0. The summed E-state index contributed by atoms with van der Waals surface area (Å²) in [6, 6.07) is 2.18. The third-order valence-corrected chi connectivity index (χ3v) is 5.68. The molecule has 0 aliphatic carbocycles. The van der Waals surface area contributed by atoms with Crippen LogP contribution in [0.25, 0.3) is 0 Å². The highest BCUT2D eigenvalue weighted by molar-refractivity contribution is 8.47. The van der Waals surface area contributed by atoms with Gasteiger partial charge in [-0.1, -0.05) is 56.6 Å². The Bertz CT molecular complexity index is 355. The minimum Gasteiger partial charge on any atom is -0.481 e. The minimum atomic E-state index is -0.874. The lowest BCUT2D eigenvalue weighted by atomic mass is 10.1. The standard InChI is InChI=1S/C14H23NO2S3/c1-3-4-5-6-7-10-19-13(18)20-14(2,11-15)9-8-12(16)17/h3-10H2,1-2H3,(H,16,17). The molecule has 6 heteroatoms. The number of carbonyl (C=O) groups is 1. The van der Waals surface area contributed by atoms with Crippen molar-refractivity contribution in [1.29, 1.82) is 5.26 Å². The van der Waals surface area contributed by atoms with E-state index in [4.69, 9.17) is 17.3 Å². The molecule has 1 N–H and O–H groups in total. The van der Waals surface area contributed by atoms with Crippen molar-refractivity contribution in [3.05, 3.63) is 0 Å². The molecule has 0 spiro atoms. The van der Waals surface area contributed by atoms with Gasteiger partial charge in [-0.05, 0) is 25.5 Å². The van der Waals surface area contributed by atoms with E-state index in [2.05, 4.69) is 13.0 Å². The molecule has 114 valence electrons. The van der Waals surface area contributed by atoms with Crippen molar-refractivity contribution in [3.63, 3.8) is 0 Å². The summed E-state index contributed by atoms with van der Waals surface area (Å²) in [4.78, 5) is 10.6. The first-order chi connectivity index (χ1) is 9.43. The molecule has 0 aliphatic rings. The highest BCUT2D eigenvalue weighted by atomic mass is 32.2. The molecule has 20 heavy (non-hydrogen) atoms. The monoisotopic (exact) mass is 333 g/mol. The fourth-order valence-electron chi connectivity index (χ4n) is 1.55. The first-order valence-corrected chi connectivity index (χ1v) is 9.13. The predicted molar refractivity (Wildman–Crippen MR) is 92.3 cm³/mol. The average molecular weight is 334 g/mol. The van der Waals surface area contributed by atoms with E-state index in [1.807, 2.05) is 0 Å². The minimum absolute atomic E-state index is 0.00135. The second kappa shape index (κ2) is 11.4. The van der Waals surface area contributed by atoms with Crippen molar-refractivity contribution in [3.8, 4) is 6.07 Å². The molecule has 0 amide bonds. The van der Waals surface area contributed by atoms with Gasteiger partial charge in [0.25, 0.3) is 0 Å². The van der Waals surface area contributed by atoms with Crippen LogP contribution in [0.5, 0.6) is 0 Å². The molecule has 0 radical (unpaired) electrons. The number of carboxylic acid groups (broad SMARTS) is 1. The van der Waals surface area contributed by atoms with Gasteiger partial charge in [0, 0.05) is 6.42 Å². The highest BCUT2D eigenvalue weighted by Gasteiger charge is 2.27. The molecule has 0 saturated heterocycles. The van der Waals surface area contributed by atoms with E-state index < -0.39 is 10.7 Å². The smallest absolute Gasteiger partial charge is 0.303 e. The van der Waals surface area contributed by atoms with Crippen molar-refractivity contribution < 1.29 is 9.90 Å². The lowest BCUT2D eigenvalue weighted by Crippen LogP contribution is -2.20. The van der Waals surface area contributed by atoms with Crippen molar-refractivity contribution in [2.75, 3.05) is 5.75 Å². The van der Waals surface area contributed by atoms with Gasteiger partial charge in [0.05, 0.1) is 6.07 Å². The molecule has 0 aliphatic heterocycles. The third kappa shape index (κ3) is 10.5. The number of nitrogens with zero attached hydrogens (tertiary/aromatic N) is 1. The molecule has 3 nitrogen and oxygen atoms in total. The molecule has 0 fully saturated rings. The maximum Gasteiger partial charge on any atom is 0.303 e. The summed E-state index contributed by atoms with van der Waals surface area (Å²) >= 11 is 8.21. The predicted octanol–water partition coefficient (Wildman–Crippen LogP) is 4.86. The molecule has 0 heterocycles. The zero-order valence-electron chi connectivity index (χ0n) is 12.2. The summed E-state index contributed by atoms with van der Waals surface area (Å²) < 4.78 is 0.0138. The Morgan fingerprint density at radius 2 is 2.00 bits per heavy atom. The molecular formula is C14H23NO2S3. The second-order valence-corrected chi connectivity index (χ2v) is 8.65. The number of carboxylic acids is 1. The van der Waals surface area contributed by atoms with Crippen LogP contribution in [0.2, 0.25) is 0 Å². The van der Waals surface area contributed by atoms with E-state index in [9.17, 15) is 10.1 Å². The van der Waals surface area contributed by atoms with Gasteiger partial charge in [0.2, 0.25) is 0 Å². The Hall–Kier alpha value is -0.250. The van der Waals surface area contributed by atoms with Crippen LogP contribution >= 0.6 is 35.7 Å². The quantitative estimate of drug-likeness (QED) is 0.455. The van der Waals surface area contributed by atoms with Gasteiger partial charge in [-0.15, -0.1) is 11.8 Å². The van der Waals surface area contributed by atoms with E-state index in [1.54, 1.807) is 18.7 Å². The van der Waals surface area contributed by atoms with Gasteiger partial charge in [0.15, 0.2) is 0 Å². The molecule has 0 aromatic carbocycles. The number of nitriles is 1. The molecule has 0 rings (SSSR count). The number of hydrogen-bond donors (Lipinski definition) is 1. The number of thioether (sulfide) groups is 2. The average Bonchev–Trinajstić information content (AvgIpc) is 2.40. The van der Waals surface area contributed by atoms with Crippen LogP contribution in [-0.2, 0) is 4.79 Å². The number of aliphatic carboxylic acids is 1. The summed E-state index contributed by atoms with van der Waals surface area (Å²) in [6.45, 7) is 3.95. The fourth-order valence-corrected chi connectivity index (χ4v) is 4.52. The summed E-state index contributed by atoms with van der Waals surface area (Å²) in [7, 11) is 0. The van der Waals surface area contributed by atoms with Crippen molar-refractivity contribution in [2.45, 2.75) is 63.5 Å². The van der Waals surface area contributed by atoms with E-state index in [-0.39, 0.29) is 6.42 Å². The Labute approximate surface area is 135 Å². The fraction of sp³-hybridized carbons (Fsp3) is 0.786. The number of hydrogen-bond acceptors (Lipinski definition) is 5. The zero-order chi connectivity index (χ0) is 15.4. The summed E-state index contributed by atoms with van der Waals surface area (Å²) in [6.07, 6.45) is 6.48. The van der Waals surface area contributed by atoms with E-state index in [0.29, 0.717) is 6.42 Å². The maximum absolute atomic E-state index is 10.6. The number of unbranched alkanes of at least 4 members (excludes halogenated alkanes) is 4. The lowest BCUT2D eigenvalue weighted by Gasteiger charge is -2.19. The third-order valence-electron chi connectivity index (χ3n) is 2.83. The maximum atomic E-state index is 10.6. The van der Waals surface area contributed by atoms with Gasteiger partial charge < -0.3 is 5.11 Å². The van der Waals surface area contributed by atoms with Gasteiger partial charge in [-0.3, -0.25) is 4.79 Å². The van der Waals surface area contributed by atoms with Gasteiger partial charge in [-0.25, -0.2) is 0 Å². The van der Waals surface area contributed by atoms with Gasteiger partial charge >= 0.3 is 5.97 Å². The molecule has 1 unspecified atom stereocenters. The lowest BCUT2D eigenvalue weighted by molar-refractivity contribution is -0.137. The zero-order valence-corrected chi connectivity index (χ0v) is 14.6. The molecule has 0 aromatic rings. The van der Waals surface area contributed by atoms with Crippen LogP contribution in [0, 0.1) is 11.3 Å². The Morgan fingerprint density at radius 3 is 2.55 bits per heavy atom. The molecular weight excluding hydrogens is 310 g/mol. The number of thiocarbonyl (C=S) groups is 1. The number of rotatable bonds is 10. The molecule has 1 atom stereocenters. The van der Waals surface area contributed by atoms with Crippen LogP contribution in [0.15, 0.2) is 0 Å². The first kappa shape index (κ1) is 19.8. The van der Waals surface area contributed by atoms with E-state index >= 15 is 0 Å². The van der Waals surface area contributed by atoms with Crippen LogP contribution in [0.4, 0.5) is 0 Å². The Morgan fingerprint density at radius 1 is 1.35 bits per heavy atom. The highest BCUT2D eigenvalue weighted by Crippen LogP contribution is 2.34. The van der Waals surface area contributed by atoms with Crippen molar-refractivity contribution in [2.24, 2.45) is 0 Å². The van der Waals surface area contributed by atoms with Crippen LogP contribution in [0.3, 0.4) is 0 Å². The Balaban J connectivity index is 3.92. The molecule has 0 aromatic heterocycles. The first-order valence-electron chi connectivity index (χ1n) is 6.92. The normalized spacial score (nSPS) is 13.4. The summed E-state index contributed by atoms with van der Waals surface area (Å²) in [5.74, 6) is 0.109. The van der Waals surface area contributed by atoms with E-state index in [0.717, 1.165) is 15.7 Å². The topological polar surface area (TPSA) is 61.1 Å². The molecule has 0 saturated carbocycles. The second-order valence-electron chi connectivity index (χ2n) is 4.85. The SMILES string of the molecule is CCCCCCCSC(=S)SC(C)(C#N)CCC(=O)O. The van der Waals surface area contributed by atoms with Crippen LogP contribution in [-0.4, -0.2) is 25.1 Å². The largest absolute Gasteiger partial charge is 0.481 e. The summed E-state index contributed by atoms with van der Waals surface area (Å²) in [5, 5.41) is 17.9. The van der Waals surface area contributed by atoms with Crippen molar-refractivity contribution >= 4 is 45.2 Å². The van der Waals surface area contributed by atoms with Crippen LogP contribution < -0.4 is 0 Å². The van der Waals surface area contributed by atoms with Crippen molar-refractivity contribution in [1.82, 2.24) is 0 Å². The van der Waals surface area contributed by atoms with E-state index in [1.165, 1.54) is 37.4 Å². The van der Waals surface area contributed by atoms with Gasteiger partial charge in [0.1, 0.15) is 8.28 Å². The van der Waals surface area contributed by atoms with Crippen LogP contribution in [0.1, 0.15) is 58.8 Å². The van der Waals surface area contributed by atoms with Gasteiger partial charge in [-0.2, -0.15) is 5.26 Å².